The van der Waals surface area contributed by atoms with Crippen molar-refractivity contribution in [2.24, 2.45) is 5.41 Å². The van der Waals surface area contributed by atoms with Crippen LogP contribution in [0, 0.1) is 5.41 Å². The molecule has 0 spiro atoms. The Bertz CT molecular complexity index is 200. The average molecular weight is 213 g/mol. The summed E-state index contributed by atoms with van der Waals surface area (Å²) in [6.07, 6.45) is 5.66. The van der Waals surface area contributed by atoms with E-state index < -0.39 is 0 Å². The van der Waals surface area contributed by atoms with Crippen LogP contribution in [-0.4, -0.2) is 42.0 Å². The molecule has 0 amide bonds. The first-order chi connectivity index (χ1) is 7.09. The maximum atomic E-state index is 10.9. The number of carbonyl (C=O) groups is 1. The third kappa shape index (κ3) is 3.92. The number of hydrogen-bond donors (Lipinski definition) is 1. The predicted octanol–water partition coefficient (Wildman–Crippen LogP) is 1.45. The Hall–Kier alpha value is -0.410. The van der Waals surface area contributed by atoms with Gasteiger partial charge in [-0.25, -0.2) is 0 Å². The first kappa shape index (κ1) is 12.7. The second-order valence-electron chi connectivity index (χ2n) is 5.24. The monoisotopic (exact) mass is 213 g/mol. The molecule has 3 heteroatoms. The lowest BCUT2D eigenvalue weighted by Gasteiger charge is -2.40. The highest BCUT2D eigenvalue weighted by atomic mass is 16.3. The summed E-state index contributed by atoms with van der Waals surface area (Å²) in [5, 5.41) is 8.85. The van der Waals surface area contributed by atoms with Gasteiger partial charge in [-0.3, -0.25) is 4.90 Å². The molecule has 0 atom stereocenters. The molecule has 1 N–H and O–H groups in total. The summed E-state index contributed by atoms with van der Waals surface area (Å²) >= 11 is 0. The van der Waals surface area contributed by atoms with Crippen molar-refractivity contribution in [2.75, 3.05) is 19.7 Å². The molecule has 1 rings (SSSR count). The van der Waals surface area contributed by atoms with Crippen LogP contribution in [0.3, 0.4) is 0 Å². The van der Waals surface area contributed by atoms with Crippen LogP contribution in [0.5, 0.6) is 0 Å². The molecule has 15 heavy (non-hydrogen) atoms. The second kappa shape index (κ2) is 5.61. The number of carbonyl (C=O) groups excluding carboxylic acids is 1. The number of aliphatic hydroxyl groups excluding tert-OH is 1. The largest absolute Gasteiger partial charge is 0.396 e. The minimum absolute atomic E-state index is 0.241. The molecule has 88 valence electrons. The van der Waals surface area contributed by atoms with Gasteiger partial charge in [0.05, 0.1) is 0 Å². The molecule has 0 aromatic carbocycles. The van der Waals surface area contributed by atoms with Gasteiger partial charge in [0, 0.05) is 31.2 Å². The molecule has 0 unspecified atom stereocenters. The van der Waals surface area contributed by atoms with Crippen LogP contribution in [0.25, 0.3) is 0 Å². The molecule has 1 aliphatic carbocycles. The third-order valence-electron chi connectivity index (χ3n) is 3.12. The minimum atomic E-state index is -0.259. The van der Waals surface area contributed by atoms with Gasteiger partial charge in [-0.2, -0.15) is 0 Å². The molecular formula is C12H23NO2. The summed E-state index contributed by atoms with van der Waals surface area (Å²) in [7, 11) is 0. The maximum absolute atomic E-state index is 10.9. The highest BCUT2D eigenvalue weighted by Crippen LogP contribution is 2.27. The highest BCUT2D eigenvalue weighted by molar-refractivity contribution is 5.58. The first-order valence-electron chi connectivity index (χ1n) is 5.90. The van der Waals surface area contributed by atoms with E-state index in [4.69, 9.17) is 5.11 Å². The fraction of sp³-hybridized carbons (Fsp3) is 0.917. The van der Waals surface area contributed by atoms with Gasteiger partial charge >= 0.3 is 0 Å². The summed E-state index contributed by atoms with van der Waals surface area (Å²) < 4.78 is 0. The third-order valence-corrected chi connectivity index (χ3v) is 3.12. The number of rotatable bonds is 7. The molecule has 3 nitrogen and oxygen atoms in total. The van der Waals surface area contributed by atoms with Gasteiger partial charge in [-0.1, -0.05) is 20.3 Å². The Morgan fingerprint density at radius 2 is 2.13 bits per heavy atom. The lowest BCUT2D eigenvalue weighted by atomic mass is 9.88. The Balaban J connectivity index is 2.44. The Morgan fingerprint density at radius 3 is 2.53 bits per heavy atom. The summed E-state index contributed by atoms with van der Waals surface area (Å²) in [5.74, 6) is 0. The van der Waals surface area contributed by atoms with Crippen LogP contribution in [0.15, 0.2) is 0 Å². The van der Waals surface area contributed by atoms with Gasteiger partial charge in [0.15, 0.2) is 0 Å². The van der Waals surface area contributed by atoms with Crippen molar-refractivity contribution in [3.63, 3.8) is 0 Å². The molecular weight excluding hydrogens is 190 g/mol. The maximum Gasteiger partial charge on any atom is 0.126 e. The van der Waals surface area contributed by atoms with Gasteiger partial charge in [0.25, 0.3) is 0 Å². The van der Waals surface area contributed by atoms with E-state index in [-0.39, 0.29) is 12.0 Å². The molecule has 0 aromatic heterocycles. The smallest absolute Gasteiger partial charge is 0.126 e. The van der Waals surface area contributed by atoms with E-state index in [0.29, 0.717) is 6.04 Å². The van der Waals surface area contributed by atoms with Gasteiger partial charge in [0.2, 0.25) is 0 Å². The van der Waals surface area contributed by atoms with Crippen LogP contribution in [0.1, 0.15) is 39.5 Å². The topological polar surface area (TPSA) is 40.5 Å². The van der Waals surface area contributed by atoms with Crippen LogP contribution < -0.4 is 0 Å². The fourth-order valence-corrected chi connectivity index (χ4v) is 1.98. The van der Waals surface area contributed by atoms with E-state index in [1.165, 1.54) is 19.3 Å². The van der Waals surface area contributed by atoms with Gasteiger partial charge in [0.1, 0.15) is 6.29 Å². The molecule has 0 heterocycles. The molecule has 1 aliphatic rings. The van der Waals surface area contributed by atoms with Crippen molar-refractivity contribution < 1.29 is 9.90 Å². The van der Waals surface area contributed by atoms with Crippen molar-refractivity contribution >= 4 is 6.29 Å². The van der Waals surface area contributed by atoms with Gasteiger partial charge in [-0.15, -0.1) is 0 Å². The van der Waals surface area contributed by atoms with Crippen LogP contribution >= 0.6 is 0 Å². The Labute approximate surface area is 92.5 Å². The number of aldehydes is 1. The summed E-state index contributed by atoms with van der Waals surface area (Å²) in [6, 6.07) is 0.649. The zero-order valence-corrected chi connectivity index (χ0v) is 9.91. The zero-order chi connectivity index (χ0) is 11.3. The lowest BCUT2D eigenvalue weighted by Crippen LogP contribution is -2.46. The van der Waals surface area contributed by atoms with E-state index in [1.807, 2.05) is 13.8 Å². The standard InChI is InChI=1S/C12H23NO2/c1-12(2,10-15)9-13(7-4-8-14)11-5-3-6-11/h10-11,14H,3-9H2,1-2H3. The SMILES string of the molecule is CC(C)(C=O)CN(CCCO)C1CCC1. The predicted molar refractivity (Wildman–Crippen MR) is 60.8 cm³/mol. The molecule has 0 saturated heterocycles. The lowest BCUT2D eigenvalue weighted by molar-refractivity contribution is -0.116. The van der Waals surface area contributed by atoms with E-state index in [2.05, 4.69) is 4.90 Å². The molecule has 1 fully saturated rings. The van der Waals surface area contributed by atoms with Crippen LogP contribution in [-0.2, 0) is 4.79 Å². The van der Waals surface area contributed by atoms with Crippen molar-refractivity contribution in [3.05, 3.63) is 0 Å². The van der Waals surface area contributed by atoms with E-state index in [1.54, 1.807) is 0 Å². The summed E-state index contributed by atoms with van der Waals surface area (Å²) in [5.41, 5.74) is -0.259. The Kier molecular flexibility index (Phi) is 4.74. The number of aliphatic hydroxyl groups is 1. The molecule has 0 bridgehead atoms. The molecule has 1 saturated carbocycles. The van der Waals surface area contributed by atoms with Gasteiger partial charge in [-0.05, 0) is 19.3 Å². The van der Waals surface area contributed by atoms with E-state index in [0.717, 1.165) is 25.8 Å². The highest BCUT2D eigenvalue weighted by Gasteiger charge is 2.29. The fourth-order valence-electron chi connectivity index (χ4n) is 1.98. The summed E-state index contributed by atoms with van der Waals surface area (Å²) in [4.78, 5) is 13.3. The van der Waals surface area contributed by atoms with E-state index in [9.17, 15) is 4.79 Å². The molecule has 0 radical (unpaired) electrons. The first-order valence-corrected chi connectivity index (χ1v) is 5.90. The zero-order valence-electron chi connectivity index (χ0n) is 9.91. The normalized spacial score (nSPS) is 17.9. The van der Waals surface area contributed by atoms with E-state index >= 15 is 0 Å². The minimum Gasteiger partial charge on any atom is -0.396 e. The second-order valence-corrected chi connectivity index (χ2v) is 5.24. The van der Waals surface area contributed by atoms with Crippen molar-refractivity contribution in [1.29, 1.82) is 0 Å². The van der Waals surface area contributed by atoms with Crippen LogP contribution in [0.2, 0.25) is 0 Å². The number of hydrogen-bond acceptors (Lipinski definition) is 3. The van der Waals surface area contributed by atoms with Crippen molar-refractivity contribution in [3.8, 4) is 0 Å². The quantitative estimate of drug-likeness (QED) is 0.651. The summed E-state index contributed by atoms with van der Waals surface area (Å²) in [6.45, 7) is 5.93. The van der Waals surface area contributed by atoms with Crippen molar-refractivity contribution in [1.82, 2.24) is 4.90 Å². The van der Waals surface area contributed by atoms with Crippen LogP contribution in [0.4, 0.5) is 0 Å². The average Bonchev–Trinajstić information content (AvgIpc) is 2.11. The molecule has 0 aromatic rings. The van der Waals surface area contributed by atoms with Gasteiger partial charge < -0.3 is 9.90 Å². The molecule has 0 aliphatic heterocycles. The Morgan fingerprint density at radius 1 is 1.47 bits per heavy atom. The number of nitrogens with zero attached hydrogens (tertiary/aromatic N) is 1. The van der Waals surface area contributed by atoms with Crippen molar-refractivity contribution in [2.45, 2.75) is 45.6 Å².